The van der Waals surface area contributed by atoms with Gasteiger partial charge in [-0.2, -0.15) is 0 Å². The Hall–Kier alpha value is -0.0631. The van der Waals surface area contributed by atoms with Crippen LogP contribution in [0.4, 0.5) is 0 Å². The van der Waals surface area contributed by atoms with E-state index >= 15 is 0 Å². The first kappa shape index (κ1) is 14.0. The van der Waals surface area contributed by atoms with Crippen molar-refractivity contribution in [2.75, 3.05) is 6.61 Å². The summed E-state index contributed by atoms with van der Waals surface area (Å²) in [5, 5.41) is 1.98. The molecule has 1 atom stereocenters. The van der Waals surface area contributed by atoms with Gasteiger partial charge in [0.05, 0.1) is 12.6 Å². The zero-order chi connectivity index (χ0) is 12.4. The molecule has 1 rings (SSSR count). The summed E-state index contributed by atoms with van der Waals surface area (Å²) >= 11 is 4.89. The molecule has 0 N–H and O–H groups in total. The van der Waals surface area contributed by atoms with E-state index in [-0.39, 0.29) is 5.04 Å². The van der Waals surface area contributed by atoms with E-state index in [1.54, 1.807) is 5.37 Å². The number of hydrogen-bond donors (Lipinski definition) is 0. The first-order chi connectivity index (χ1) is 7.26. The Bertz CT molecular complexity index is 294. The van der Waals surface area contributed by atoms with Crippen molar-refractivity contribution >= 4 is 31.6 Å². The summed E-state index contributed by atoms with van der Waals surface area (Å²) in [6, 6.07) is 0.336. The van der Waals surface area contributed by atoms with E-state index in [0.29, 0.717) is 6.04 Å². The van der Waals surface area contributed by atoms with Crippen LogP contribution >= 0.6 is 12.2 Å². The van der Waals surface area contributed by atoms with Gasteiger partial charge in [0, 0.05) is 11.1 Å². The molecular formula is C12H23NOSSi. The lowest BCUT2D eigenvalue weighted by Gasteiger charge is -2.36. The topological polar surface area (TPSA) is 21.6 Å². The fraction of sp³-hybridized carbons (Fsp3) is 0.833. The Morgan fingerprint density at radius 2 is 2.12 bits per heavy atom. The standard InChI is InChI=1S/C12H23NOSSi/c1-12(2,3)16(4,5)14-8-10-6-7-11(9-15)13-10/h9-10H,6-8H2,1-5H3/t10-/m0/s1. The molecule has 0 unspecified atom stereocenters. The summed E-state index contributed by atoms with van der Waals surface area (Å²) < 4.78 is 6.15. The summed E-state index contributed by atoms with van der Waals surface area (Å²) in [6.45, 7) is 12.1. The van der Waals surface area contributed by atoms with Gasteiger partial charge in [0.25, 0.3) is 0 Å². The summed E-state index contributed by atoms with van der Waals surface area (Å²) in [7, 11) is -1.61. The molecule has 0 aromatic heterocycles. The maximum atomic E-state index is 6.15. The second kappa shape index (κ2) is 5.06. The predicted molar refractivity (Wildman–Crippen MR) is 77.3 cm³/mol. The Balaban J connectivity index is 2.47. The lowest BCUT2D eigenvalue weighted by atomic mass is 10.2. The van der Waals surface area contributed by atoms with Crippen LogP contribution in [0.15, 0.2) is 4.99 Å². The van der Waals surface area contributed by atoms with Gasteiger partial charge in [0.15, 0.2) is 8.32 Å². The van der Waals surface area contributed by atoms with Gasteiger partial charge in [0.1, 0.15) is 0 Å². The van der Waals surface area contributed by atoms with Gasteiger partial charge in [-0.3, -0.25) is 4.99 Å². The van der Waals surface area contributed by atoms with Crippen LogP contribution in [0.2, 0.25) is 18.1 Å². The van der Waals surface area contributed by atoms with E-state index in [0.717, 1.165) is 25.2 Å². The van der Waals surface area contributed by atoms with Crippen molar-refractivity contribution in [1.29, 1.82) is 0 Å². The lowest BCUT2D eigenvalue weighted by molar-refractivity contribution is 0.263. The fourth-order valence-corrected chi connectivity index (χ4v) is 2.63. The molecule has 0 saturated carbocycles. The summed E-state index contributed by atoms with van der Waals surface area (Å²) in [5.41, 5.74) is 1.07. The molecule has 4 heteroatoms. The monoisotopic (exact) mass is 257 g/mol. The number of thiocarbonyl (C=S) groups is 1. The molecule has 16 heavy (non-hydrogen) atoms. The maximum absolute atomic E-state index is 6.15. The molecule has 2 nitrogen and oxygen atoms in total. The quantitative estimate of drug-likeness (QED) is 0.567. The van der Waals surface area contributed by atoms with Crippen molar-refractivity contribution in [3.63, 3.8) is 0 Å². The van der Waals surface area contributed by atoms with Crippen LogP contribution in [-0.4, -0.2) is 32.0 Å². The highest BCUT2D eigenvalue weighted by molar-refractivity contribution is 7.80. The molecule has 0 aromatic rings. The highest BCUT2D eigenvalue weighted by Crippen LogP contribution is 2.36. The Labute approximate surface area is 106 Å². The molecule has 0 saturated heterocycles. The van der Waals surface area contributed by atoms with Crippen LogP contribution in [0.5, 0.6) is 0 Å². The smallest absolute Gasteiger partial charge is 0.192 e. The minimum Gasteiger partial charge on any atom is -0.415 e. The van der Waals surface area contributed by atoms with E-state index in [1.165, 1.54) is 0 Å². The van der Waals surface area contributed by atoms with Gasteiger partial charge in [-0.25, -0.2) is 0 Å². The van der Waals surface area contributed by atoms with E-state index < -0.39 is 8.32 Å². The summed E-state index contributed by atoms with van der Waals surface area (Å²) in [4.78, 5) is 4.55. The highest BCUT2D eigenvalue weighted by atomic mass is 32.1. The average Bonchev–Trinajstić information content (AvgIpc) is 2.60. The number of rotatable bonds is 4. The first-order valence-electron chi connectivity index (χ1n) is 5.92. The van der Waals surface area contributed by atoms with E-state index in [1.807, 2.05) is 0 Å². The number of aliphatic imine (C=N–C) groups is 1. The van der Waals surface area contributed by atoms with Crippen molar-refractivity contribution in [3.05, 3.63) is 0 Å². The van der Waals surface area contributed by atoms with Crippen LogP contribution < -0.4 is 0 Å². The molecule has 0 aromatic carbocycles. The van der Waals surface area contributed by atoms with Crippen molar-refractivity contribution < 1.29 is 4.43 Å². The minimum absolute atomic E-state index is 0.280. The van der Waals surface area contributed by atoms with Crippen LogP contribution in [0.1, 0.15) is 33.6 Å². The molecule has 1 heterocycles. The van der Waals surface area contributed by atoms with E-state index in [9.17, 15) is 0 Å². The first-order valence-corrected chi connectivity index (χ1v) is 9.30. The molecule has 1 aliphatic rings. The zero-order valence-electron chi connectivity index (χ0n) is 11.0. The van der Waals surface area contributed by atoms with Gasteiger partial charge < -0.3 is 4.43 Å². The Morgan fingerprint density at radius 1 is 1.50 bits per heavy atom. The number of hydrogen-bond acceptors (Lipinski definition) is 3. The van der Waals surface area contributed by atoms with Gasteiger partial charge in [-0.15, -0.1) is 0 Å². The Morgan fingerprint density at radius 3 is 2.56 bits per heavy atom. The second-order valence-corrected chi connectivity index (χ2v) is 11.0. The SMILES string of the molecule is CC(C)(C)[Si](C)(C)OC[C@@H]1CCC(C=S)=N1. The van der Waals surface area contributed by atoms with Crippen LogP contribution in [0, 0.1) is 0 Å². The average molecular weight is 257 g/mol. The van der Waals surface area contributed by atoms with Crippen LogP contribution in [0.3, 0.4) is 0 Å². The Kier molecular flexibility index (Phi) is 4.43. The van der Waals surface area contributed by atoms with E-state index in [4.69, 9.17) is 16.6 Å². The second-order valence-electron chi connectivity index (χ2n) is 6.00. The third-order valence-electron chi connectivity index (χ3n) is 3.66. The molecule has 0 fully saturated rings. The van der Waals surface area contributed by atoms with Crippen LogP contribution in [-0.2, 0) is 4.43 Å². The predicted octanol–water partition coefficient (Wildman–Crippen LogP) is 3.61. The van der Waals surface area contributed by atoms with Gasteiger partial charge in [0.2, 0.25) is 0 Å². The minimum atomic E-state index is -1.61. The third kappa shape index (κ3) is 3.47. The van der Waals surface area contributed by atoms with Gasteiger partial charge in [-0.05, 0) is 31.0 Å². The van der Waals surface area contributed by atoms with Crippen molar-refractivity contribution in [3.8, 4) is 0 Å². The molecule has 1 aliphatic heterocycles. The zero-order valence-corrected chi connectivity index (χ0v) is 12.9. The lowest BCUT2D eigenvalue weighted by Crippen LogP contribution is -2.42. The largest absolute Gasteiger partial charge is 0.415 e. The molecule has 0 aliphatic carbocycles. The van der Waals surface area contributed by atoms with Crippen molar-refractivity contribution in [2.45, 2.75) is 57.8 Å². The summed E-state index contributed by atoms with van der Waals surface area (Å²) in [6.07, 6.45) is 2.12. The highest BCUT2D eigenvalue weighted by Gasteiger charge is 2.37. The van der Waals surface area contributed by atoms with Gasteiger partial charge in [-0.1, -0.05) is 33.0 Å². The van der Waals surface area contributed by atoms with E-state index in [2.05, 4.69) is 38.9 Å². The molecule has 92 valence electrons. The number of nitrogens with zero attached hydrogens (tertiary/aromatic N) is 1. The van der Waals surface area contributed by atoms with Crippen LogP contribution in [0.25, 0.3) is 0 Å². The molecule has 0 amide bonds. The fourth-order valence-electron chi connectivity index (χ4n) is 1.41. The summed E-state index contributed by atoms with van der Waals surface area (Å²) in [5.74, 6) is 0. The molecule has 0 spiro atoms. The molecule has 0 bridgehead atoms. The third-order valence-corrected chi connectivity index (χ3v) is 8.43. The van der Waals surface area contributed by atoms with Crippen molar-refractivity contribution in [1.82, 2.24) is 0 Å². The molecule has 0 radical (unpaired) electrons. The van der Waals surface area contributed by atoms with Gasteiger partial charge >= 0.3 is 0 Å². The normalized spacial score (nSPS) is 22.1. The molecular weight excluding hydrogens is 234 g/mol. The maximum Gasteiger partial charge on any atom is 0.192 e. The van der Waals surface area contributed by atoms with Crippen molar-refractivity contribution in [2.24, 2.45) is 4.99 Å².